The lowest BCUT2D eigenvalue weighted by Crippen LogP contribution is -2.24. The summed E-state index contributed by atoms with van der Waals surface area (Å²) in [4.78, 5) is 12.6. The van der Waals surface area contributed by atoms with Crippen molar-refractivity contribution in [2.45, 2.75) is 26.7 Å². The van der Waals surface area contributed by atoms with E-state index >= 15 is 0 Å². The number of carboxylic acid groups (broad SMARTS) is 1. The van der Waals surface area contributed by atoms with Crippen LogP contribution in [0.15, 0.2) is 24.3 Å². The molecule has 0 radical (unpaired) electrons. The number of hydrogen-bond acceptors (Lipinski definition) is 2. The molecule has 0 aliphatic carbocycles. The van der Waals surface area contributed by atoms with Gasteiger partial charge in [0.25, 0.3) is 0 Å². The van der Waals surface area contributed by atoms with Crippen LogP contribution in [0, 0.1) is 5.82 Å². The highest BCUT2D eigenvalue weighted by Gasteiger charge is 2.11. The maximum Gasteiger partial charge on any atom is 0.328 e. The van der Waals surface area contributed by atoms with Gasteiger partial charge in [-0.2, -0.15) is 0 Å². The second kappa shape index (κ2) is 7.56. The van der Waals surface area contributed by atoms with Crippen LogP contribution in [-0.4, -0.2) is 24.2 Å². The molecular weight excluding hydrogens is 245 g/mol. The van der Waals surface area contributed by atoms with Crippen molar-refractivity contribution in [3.05, 3.63) is 35.7 Å². The first-order chi connectivity index (χ1) is 9.10. The Morgan fingerprint density at radius 1 is 1.42 bits per heavy atom. The van der Waals surface area contributed by atoms with Gasteiger partial charge in [0.1, 0.15) is 5.82 Å². The number of unbranched alkanes of at least 4 members (excludes halogenated alkanes) is 1. The quantitative estimate of drug-likeness (QED) is 0.766. The fraction of sp³-hybridized carbons (Fsp3) is 0.400. The summed E-state index contributed by atoms with van der Waals surface area (Å²) in [7, 11) is 0. The first-order valence-electron chi connectivity index (χ1n) is 6.54. The third-order valence-corrected chi connectivity index (χ3v) is 2.93. The summed E-state index contributed by atoms with van der Waals surface area (Å²) in [5.41, 5.74) is 1.08. The van der Waals surface area contributed by atoms with Gasteiger partial charge in [0.05, 0.1) is 0 Å². The number of rotatable bonds is 7. The van der Waals surface area contributed by atoms with Crippen molar-refractivity contribution in [2.75, 3.05) is 18.0 Å². The number of anilines is 1. The van der Waals surface area contributed by atoms with E-state index in [-0.39, 0.29) is 0 Å². The minimum absolute atomic E-state index is 0.336. The maximum atomic E-state index is 13.8. The van der Waals surface area contributed by atoms with Crippen molar-refractivity contribution in [2.24, 2.45) is 0 Å². The zero-order valence-electron chi connectivity index (χ0n) is 11.4. The summed E-state index contributed by atoms with van der Waals surface area (Å²) in [5, 5.41) is 8.67. The molecule has 0 saturated heterocycles. The molecule has 0 heterocycles. The Labute approximate surface area is 113 Å². The molecule has 3 nitrogen and oxygen atoms in total. The van der Waals surface area contributed by atoms with Crippen molar-refractivity contribution >= 4 is 17.7 Å². The first-order valence-corrected chi connectivity index (χ1v) is 6.54. The predicted octanol–water partition coefficient (Wildman–Crippen LogP) is 3.55. The topological polar surface area (TPSA) is 40.5 Å². The molecule has 1 aromatic rings. The van der Waals surface area contributed by atoms with Crippen molar-refractivity contribution in [1.29, 1.82) is 0 Å². The second-order valence-corrected chi connectivity index (χ2v) is 4.28. The Hall–Kier alpha value is -1.84. The van der Waals surface area contributed by atoms with Gasteiger partial charge in [0.2, 0.25) is 0 Å². The molecule has 1 aromatic carbocycles. The van der Waals surface area contributed by atoms with Gasteiger partial charge in [0, 0.05) is 30.4 Å². The molecule has 1 rings (SSSR count). The maximum absolute atomic E-state index is 13.8. The fourth-order valence-corrected chi connectivity index (χ4v) is 1.92. The van der Waals surface area contributed by atoms with Gasteiger partial charge in [-0.05, 0) is 31.6 Å². The Balaban J connectivity index is 3.10. The molecular formula is C15H20FNO2. The molecule has 19 heavy (non-hydrogen) atoms. The zero-order valence-corrected chi connectivity index (χ0v) is 11.4. The molecule has 0 spiro atoms. The number of nitrogens with zero attached hydrogens (tertiary/aromatic N) is 1. The number of aliphatic carboxylic acids is 1. The van der Waals surface area contributed by atoms with Crippen LogP contribution in [0.3, 0.4) is 0 Å². The molecule has 1 N–H and O–H groups in total. The number of halogens is 1. The molecule has 0 aromatic heterocycles. The van der Waals surface area contributed by atoms with Crippen LogP contribution in [0.1, 0.15) is 32.3 Å². The van der Waals surface area contributed by atoms with Crippen molar-refractivity contribution in [3.8, 4) is 0 Å². The monoisotopic (exact) mass is 265 g/mol. The first kappa shape index (κ1) is 15.2. The Bertz CT molecular complexity index is 457. The van der Waals surface area contributed by atoms with Crippen LogP contribution in [0.2, 0.25) is 0 Å². The van der Waals surface area contributed by atoms with Crippen molar-refractivity contribution in [3.63, 3.8) is 0 Å². The van der Waals surface area contributed by atoms with Crippen molar-refractivity contribution in [1.82, 2.24) is 0 Å². The van der Waals surface area contributed by atoms with E-state index in [2.05, 4.69) is 11.8 Å². The van der Waals surface area contributed by atoms with E-state index in [1.807, 2.05) is 13.0 Å². The Kier molecular flexibility index (Phi) is 6.06. The SMILES string of the molecule is CCCCN(CC)c1cccc(F)c1/C=C/C(=O)O. The van der Waals surface area contributed by atoms with Gasteiger partial charge in [-0.3, -0.25) is 0 Å². The predicted molar refractivity (Wildman–Crippen MR) is 75.9 cm³/mol. The highest BCUT2D eigenvalue weighted by atomic mass is 19.1. The van der Waals surface area contributed by atoms with Crippen LogP contribution in [-0.2, 0) is 4.79 Å². The van der Waals surface area contributed by atoms with E-state index in [0.29, 0.717) is 5.56 Å². The van der Waals surface area contributed by atoms with E-state index in [1.165, 1.54) is 12.1 Å². The van der Waals surface area contributed by atoms with Crippen molar-refractivity contribution < 1.29 is 14.3 Å². The third kappa shape index (κ3) is 4.39. The largest absolute Gasteiger partial charge is 0.478 e. The minimum Gasteiger partial charge on any atom is -0.478 e. The molecule has 0 atom stereocenters. The summed E-state index contributed by atoms with van der Waals surface area (Å²) in [6.45, 7) is 5.71. The summed E-state index contributed by atoms with van der Waals surface area (Å²) in [5.74, 6) is -1.48. The van der Waals surface area contributed by atoms with Gasteiger partial charge in [-0.15, -0.1) is 0 Å². The molecule has 4 heteroatoms. The van der Waals surface area contributed by atoms with E-state index in [0.717, 1.165) is 37.7 Å². The lowest BCUT2D eigenvalue weighted by molar-refractivity contribution is -0.131. The molecule has 0 aliphatic heterocycles. The van der Waals surface area contributed by atoms with Crippen LogP contribution in [0.5, 0.6) is 0 Å². The van der Waals surface area contributed by atoms with Gasteiger partial charge in [0.15, 0.2) is 0 Å². The summed E-state index contributed by atoms with van der Waals surface area (Å²) in [6, 6.07) is 4.82. The number of carbonyl (C=O) groups is 1. The summed E-state index contributed by atoms with van der Waals surface area (Å²) >= 11 is 0. The van der Waals surface area contributed by atoms with Crippen LogP contribution in [0.4, 0.5) is 10.1 Å². The Morgan fingerprint density at radius 3 is 2.74 bits per heavy atom. The van der Waals surface area contributed by atoms with Gasteiger partial charge >= 0.3 is 5.97 Å². The molecule has 104 valence electrons. The molecule has 0 amide bonds. The highest BCUT2D eigenvalue weighted by Crippen LogP contribution is 2.25. The minimum atomic E-state index is -1.08. The highest BCUT2D eigenvalue weighted by molar-refractivity contribution is 5.87. The summed E-state index contributed by atoms with van der Waals surface area (Å²) < 4.78 is 13.8. The Morgan fingerprint density at radius 2 is 2.16 bits per heavy atom. The number of benzene rings is 1. The average Bonchev–Trinajstić information content (AvgIpc) is 2.38. The standard InChI is InChI=1S/C15H20FNO2/c1-3-5-11-17(4-2)14-8-6-7-13(16)12(14)9-10-15(18)19/h6-10H,3-5,11H2,1-2H3,(H,18,19)/b10-9+. The lowest BCUT2D eigenvalue weighted by Gasteiger charge is -2.25. The van der Waals surface area contributed by atoms with Gasteiger partial charge in [-0.25, -0.2) is 9.18 Å². The third-order valence-electron chi connectivity index (χ3n) is 2.93. The smallest absolute Gasteiger partial charge is 0.328 e. The molecule has 0 aliphatic rings. The van der Waals surface area contributed by atoms with Crippen LogP contribution >= 0.6 is 0 Å². The lowest BCUT2D eigenvalue weighted by atomic mass is 10.1. The number of carboxylic acids is 1. The van der Waals surface area contributed by atoms with E-state index in [9.17, 15) is 9.18 Å². The van der Waals surface area contributed by atoms with Crippen LogP contribution < -0.4 is 4.90 Å². The molecule has 0 saturated carbocycles. The second-order valence-electron chi connectivity index (χ2n) is 4.28. The molecule has 0 unspecified atom stereocenters. The van der Waals surface area contributed by atoms with Crippen LogP contribution in [0.25, 0.3) is 6.08 Å². The fourth-order valence-electron chi connectivity index (χ4n) is 1.92. The molecule has 0 bridgehead atoms. The van der Waals surface area contributed by atoms with Gasteiger partial charge in [-0.1, -0.05) is 19.4 Å². The van der Waals surface area contributed by atoms with E-state index in [4.69, 9.17) is 5.11 Å². The van der Waals surface area contributed by atoms with E-state index in [1.54, 1.807) is 6.07 Å². The zero-order chi connectivity index (χ0) is 14.3. The van der Waals surface area contributed by atoms with Gasteiger partial charge < -0.3 is 10.0 Å². The number of hydrogen-bond donors (Lipinski definition) is 1. The average molecular weight is 265 g/mol. The summed E-state index contributed by atoms with van der Waals surface area (Å²) in [6.07, 6.45) is 4.37. The van der Waals surface area contributed by atoms with E-state index < -0.39 is 11.8 Å². The molecule has 0 fully saturated rings. The normalized spacial score (nSPS) is 10.9.